The van der Waals surface area contributed by atoms with E-state index < -0.39 is 0 Å². The highest BCUT2D eigenvalue weighted by Crippen LogP contribution is 2.34. The maximum atomic E-state index is 4.47. The third kappa shape index (κ3) is 2.36. The summed E-state index contributed by atoms with van der Waals surface area (Å²) >= 11 is 0. The topological polar surface area (TPSA) is 55.1 Å². The van der Waals surface area contributed by atoms with Crippen LogP contribution >= 0.6 is 0 Å². The van der Waals surface area contributed by atoms with E-state index in [-0.39, 0.29) is 0 Å². The molecule has 0 spiro atoms. The molecular weight excluding hydrogens is 226 g/mol. The van der Waals surface area contributed by atoms with Gasteiger partial charge in [0.2, 0.25) is 0 Å². The van der Waals surface area contributed by atoms with Crippen molar-refractivity contribution in [1.82, 2.24) is 24.9 Å². The van der Waals surface area contributed by atoms with Crippen LogP contribution in [-0.4, -0.2) is 32.2 Å². The van der Waals surface area contributed by atoms with Crippen LogP contribution in [0.4, 0.5) is 0 Å². The molecule has 0 radical (unpaired) electrons. The predicted octanol–water partition coefficient (Wildman–Crippen LogP) is 1.44. The summed E-state index contributed by atoms with van der Waals surface area (Å²) in [5.41, 5.74) is 1.94. The van der Waals surface area contributed by atoms with Gasteiger partial charge in [-0.15, -0.1) is 10.2 Å². The lowest BCUT2D eigenvalue weighted by Gasteiger charge is -2.17. The Hall–Kier alpha value is -1.49. The van der Waals surface area contributed by atoms with Crippen LogP contribution in [0.3, 0.4) is 0 Å². The van der Waals surface area contributed by atoms with Gasteiger partial charge in [-0.1, -0.05) is 6.92 Å². The van der Waals surface area contributed by atoms with Gasteiger partial charge in [-0.2, -0.15) is 0 Å². The summed E-state index contributed by atoms with van der Waals surface area (Å²) in [5, 5.41) is 11.7. The van der Waals surface area contributed by atoms with E-state index in [1.54, 1.807) is 6.33 Å². The van der Waals surface area contributed by atoms with Crippen LogP contribution in [0, 0.1) is 5.92 Å². The molecule has 0 bridgehead atoms. The first-order chi connectivity index (χ1) is 8.88. The van der Waals surface area contributed by atoms with Crippen LogP contribution in [0.25, 0.3) is 5.65 Å². The summed E-state index contributed by atoms with van der Waals surface area (Å²) in [6, 6.07) is 0.542. The Kier molecular flexibility index (Phi) is 3.23. The van der Waals surface area contributed by atoms with Gasteiger partial charge in [0, 0.05) is 24.9 Å². The van der Waals surface area contributed by atoms with E-state index in [9.17, 15) is 0 Å². The second-order valence-electron chi connectivity index (χ2n) is 5.04. The molecule has 2 aromatic rings. The van der Waals surface area contributed by atoms with E-state index >= 15 is 0 Å². The Morgan fingerprint density at radius 1 is 1.50 bits per heavy atom. The van der Waals surface area contributed by atoms with Crippen molar-refractivity contribution in [2.75, 3.05) is 6.54 Å². The molecule has 2 aromatic heterocycles. The quantitative estimate of drug-likeness (QED) is 0.837. The first-order valence-electron chi connectivity index (χ1n) is 6.75. The zero-order valence-electron chi connectivity index (χ0n) is 10.7. The molecule has 1 unspecified atom stereocenters. The lowest BCUT2D eigenvalue weighted by Crippen LogP contribution is -2.34. The van der Waals surface area contributed by atoms with Crippen molar-refractivity contribution in [3.05, 3.63) is 24.4 Å². The van der Waals surface area contributed by atoms with Crippen LogP contribution in [-0.2, 0) is 6.42 Å². The number of nitrogens with one attached hydrogen (secondary N) is 1. The van der Waals surface area contributed by atoms with Crippen molar-refractivity contribution in [1.29, 1.82) is 0 Å². The molecule has 1 aliphatic carbocycles. The molecule has 96 valence electrons. The first kappa shape index (κ1) is 11.6. The monoisotopic (exact) mass is 245 g/mol. The Bertz CT molecular complexity index is 517. The summed E-state index contributed by atoms with van der Waals surface area (Å²) in [5.74, 6) is 0.821. The van der Waals surface area contributed by atoms with Gasteiger partial charge in [0.05, 0.1) is 5.69 Å². The molecule has 1 aliphatic rings. The molecule has 5 nitrogen and oxygen atoms in total. The number of aromatic nitrogens is 4. The average Bonchev–Trinajstić information content (AvgIpc) is 3.12. The first-order valence-corrected chi connectivity index (χ1v) is 6.75. The molecule has 0 amide bonds. The van der Waals surface area contributed by atoms with E-state index in [1.807, 2.05) is 16.8 Å². The van der Waals surface area contributed by atoms with Gasteiger partial charge in [-0.3, -0.25) is 9.38 Å². The summed E-state index contributed by atoms with van der Waals surface area (Å²) in [7, 11) is 0. The Balaban J connectivity index is 1.78. The van der Waals surface area contributed by atoms with Crippen LogP contribution in [0.5, 0.6) is 0 Å². The predicted molar refractivity (Wildman–Crippen MR) is 69.3 cm³/mol. The van der Waals surface area contributed by atoms with Crippen molar-refractivity contribution < 1.29 is 0 Å². The van der Waals surface area contributed by atoms with E-state index in [0.29, 0.717) is 6.04 Å². The largest absolute Gasteiger partial charge is 0.313 e. The highest BCUT2D eigenvalue weighted by atomic mass is 15.2. The molecular formula is C13H19N5. The summed E-state index contributed by atoms with van der Waals surface area (Å²) in [6.07, 6.45) is 10.3. The molecule has 1 saturated carbocycles. The SMILES string of the molecule is CCCNC(Cc1nccn2cnnc12)C1CC1. The molecule has 0 aliphatic heterocycles. The third-order valence-corrected chi connectivity index (χ3v) is 3.55. The maximum Gasteiger partial charge on any atom is 0.182 e. The Morgan fingerprint density at radius 3 is 3.17 bits per heavy atom. The molecule has 1 atom stereocenters. The smallest absolute Gasteiger partial charge is 0.182 e. The number of hydrogen-bond acceptors (Lipinski definition) is 4. The van der Waals surface area contributed by atoms with Crippen molar-refractivity contribution in [2.24, 2.45) is 5.92 Å². The number of nitrogens with zero attached hydrogens (tertiary/aromatic N) is 4. The second kappa shape index (κ2) is 5.02. The van der Waals surface area contributed by atoms with Gasteiger partial charge in [-0.25, -0.2) is 0 Å². The van der Waals surface area contributed by atoms with E-state index in [4.69, 9.17) is 0 Å². The lowest BCUT2D eigenvalue weighted by atomic mass is 10.1. The van der Waals surface area contributed by atoms with Crippen LogP contribution in [0.2, 0.25) is 0 Å². The van der Waals surface area contributed by atoms with Gasteiger partial charge in [0.25, 0.3) is 0 Å². The van der Waals surface area contributed by atoms with Crippen LogP contribution < -0.4 is 5.32 Å². The Labute approximate surface area is 107 Å². The summed E-state index contributed by atoms with van der Waals surface area (Å²) in [4.78, 5) is 4.47. The van der Waals surface area contributed by atoms with Gasteiger partial charge in [0.1, 0.15) is 6.33 Å². The molecule has 0 aromatic carbocycles. The molecule has 3 rings (SSSR count). The number of hydrogen-bond donors (Lipinski definition) is 1. The van der Waals surface area contributed by atoms with Crippen molar-refractivity contribution in [3.63, 3.8) is 0 Å². The fourth-order valence-corrected chi connectivity index (χ4v) is 2.40. The lowest BCUT2D eigenvalue weighted by molar-refractivity contribution is 0.456. The van der Waals surface area contributed by atoms with Crippen molar-refractivity contribution in [2.45, 2.75) is 38.6 Å². The van der Waals surface area contributed by atoms with Gasteiger partial charge >= 0.3 is 0 Å². The van der Waals surface area contributed by atoms with Gasteiger partial charge in [0.15, 0.2) is 5.65 Å². The molecule has 1 fully saturated rings. The Morgan fingerprint density at radius 2 is 2.39 bits per heavy atom. The summed E-state index contributed by atoms with van der Waals surface area (Å²) in [6.45, 7) is 3.28. The third-order valence-electron chi connectivity index (χ3n) is 3.55. The normalized spacial score (nSPS) is 17.2. The van der Waals surface area contributed by atoms with Crippen LogP contribution in [0.1, 0.15) is 31.9 Å². The minimum Gasteiger partial charge on any atom is -0.313 e. The van der Waals surface area contributed by atoms with E-state index in [1.165, 1.54) is 19.3 Å². The molecule has 5 heteroatoms. The van der Waals surface area contributed by atoms with Crippen molar-refractivity contribution >= 4 is 5.65 Å². The average molecular weight is 245 g/mol. The standard InChI is InChI=1S/C13H19N5/c1-2-5-14-11(10-3-4-10)8-12-13-17-16-9-18(13)7-6-15-12/h6-7,9-11,14H,2-5,8H2,1H3. The van der Waals surface area contributed by atoms with Gasteiger partial charge in [-0.05, 0) is 31.7 Å². The van der Waals surface area contributed by atoms with Gasteiger partial charge < -0.3 is 5.32 Å². The summed E-state index contributed by atoms with van der Waals surface area (Å²) < 4.78 is 1.94. The van der Waals surface area contributed by atoms with Crippen LogP contribution in [0.15, 0.2) is 18.7 Å². The van der Waals surface area contributed by atoms with E-state index in [2.05, 4.69) is 27.4 Å². The van der Waals surface area contributed by atoms with Crippen molar-refractivity contribution in [3.8, 4) is 0 Å². The molecule has 18 heavy (non-hydrogen) atoms. The fraction of sp³-hybridized carbons (Fsp3) is 0.615. The minimum absolute atomic E-state index is 0.542. The second-order valence-corrected chi connectivity index (χ2v) is 5.04. The highest BCUT2D eigenvalue weighted by molar-refractivity contribution is 5.42. The zero-order chi connectivity index (χ0) is 12.4. The number of rotatable bonds is 6. The number of fused-ring (bicyclic) bond motifs is 1. The minimum atomic E-state index is 0.542. The maximum absolute atomic E-state index is 4.47. The highest BCUT2D eigenvalue weighted by Gasteiger charge is 2.31. The molecule has 1 N–H and O–H groups in total. The zero-order valence-corrected chi connectivity index (χ0v) is 10.7. The molecule has 2 heterocycles. The van der Waals surface area contributed by atoms with E-state index in [0.717, 1.165) is 30.2 Å². The fourth-order valence-electron chi connectivity index (χ4n) is 2.40. The molecule has 0 saturated heterocycles.